The number of amides is 3. The van der Waals surface area contributed by atoms with Gasteiger partial charge in [-0.25, -0.2) is 4.79 Å². The van der Waals surface area contributed by atoms with E-state index in [9.17, 15) is 9.59 Å². The first-order valence-electron chi connectivity index (χ1n) is 10.3. The molecule has 0 unspecified atom stereocenters. The second kappa shape index (κ2) is 8.46. The molecule has 0 spiro atoms. The number of aryl methyl sites for hydroxylation is 1. The maximum Gasteiger partial charge on any atom is 0.319 e. The molecule has 0 bridgehead atoms. The van der Waals surface area contributed by atoms with Gasteiger partial charge in [0.1, 0.15) is 0 Å². The summed E-state index contributed by atoms with van der Waals surface area (Å²) in [7, 11) is 0. The number of nitrogens with one attached hydrogen (secondary N) is 2. The second-order valence-electron chi connectivity index (χ2n) is 7.68. The quantitative estimate of drug-likeness (QED) is 0.827. The van der Waals surface area contributed by atoms with E-state index in [0.29, 0.717) is 11.3 Å². The summed E-state index contributed by atoms with van der Waals surface area (Å²) < 4.78 is 0. The van der Waals surface area contributed by atoms with Gasteiger partial charge in [0.2, 0.25) is 0 Å². The molecule has 1 heterocycles. The highest BCUT2D eigenvalue weighted by Gasteiger charge is 2.22. The number of anilines is 1. The van der Waals surface area contributed by atoms with Gasteiger partial charge >= 0.3 is 6.03 Å². The van der Waals surface area contributed by atoms with E-state index in [0.717, 1.165) is 45.2 Å². The number of carbonyl (C=O) groups is 2. The molecular formula is C23H27N3O2. The second-order valence-corrected chi connectivity index (χ2v) is 7.68. The van der Waals surface area contributed by atoms with E-state index < -0.39 is 0 Å². The third-order valence-corrected chi connectivity index (χ3v) is 5.69. The highest BCUT2D eigenvalue weighted by molar-refractivity contribution is 5.97. The van der Waals surface area contributed by atoms with Crippen LogP contribution in [0.2, 0.25) is 0 Å². The summed E-state index contributed by atoms with van der Waals surface area (Å²) >= 11 is 0. The van der Waals surface area contributed by atoms with Crippen molar-refractivity contribution in [3.8, 4) is 0 Å². The number of nitrogens with zero attached hydrogens (tertiary/aromatic N) is 1. The summed E-state index contributed by atoms with van der Waals surface area (Å²) in [4.78, 5) is 27.1. The Hall–Kier alpha value is -2.82. The predicted octanol–water partition coefficient (Wildman–Crippen LogP) is 4.51. The number of benzene rings is 2. The van der Waals surface area contributed by atoms with Crippen LogP contribution in [0.25, 0.3) is 0 Å². The van der Waals surface area contributed by atoms with Gasteiger partial charge in [-0.1, -0.05) is 30.3 Å². The molecule has 2 aromatic carbocycles. The van der Waals surface area contributed by atoms with E-state index in [4.69, 9.17) is 0 Å². The molecule has 146 valence electrons. The third kappa shape index (κ3) is 4.19. The van der Waals surface area contributed by atoms with E-state index >= 15 is 0 Å². The minimum atomic E-state index is -0.232. The SMILES string of the molecule is O=C(Nc1cccc(C(=O)N2CCCCC2)c1)N[C@H]1CCCc2ccccc21. The van der Waals surface area contributed by atoms with Crippen molar-refractivity contribution in [1.29, 1.82) is 0 Å². The van der Waals surface area contributed by atoms with Crippen LogP contribution in [0, 0.1) is 0 Å². The molecule has 3 amide bonds. The minimum Gasteiger partial charge on any atom is -0.339 e. The first kappa shape index (κ1) is 18.5. The van der Waals surface area contributed by atoms with Crippen molar-refractivity contribution in [3.63, 3.8) is 0 Å². The lowest BCUT2D eigenvalue weighted by molar-refractivity contribution is 0.0724. The van der Waals surface area contributed by atoms with Crippen LogP contribution in [0.15, 0.2) is 48.5 Å². The van der Waals surface area contributed by atoms with Crippen LogP contribution in [-0.4, -0.2) is 29.9 Å². The van der Waals surface area contributed by atoms with Crippen molar-refractivity contribution < 1.29 is 9.59 Å². The first-order valence-corrected chi connectivity index (χ1v) is 10.3. The van der Waals surface area contributed by atoms with Gasteiger partial charge in [-0.2, -0.15) is 0 Å². The minimum absolute atomic E-state index is 0.0307. The molecule has 2 N–H and O–H groups in total. The van der Waals surface area contributed by atoms with Crippen molar-refractivity contribution in [1.82, 2.24) is 10.2 Å². The highest BCUT2D eigenvalue weighted by Crippen LogP contribution is 2.29. The zero-order valence-electron chi connectivity index (χ0n) is 16.1. The Labute approximate surface area is 166 Å². The van der Waals surface area contributed by atoms with Crippen LogP contribution >= 0.6 is 0 Å². The van der Waals surface area contributed by atoms with Crippen LogP contribution in [-0.2, 0) is 6.42 Å². The highest BCUT2D eigenvalue weighted by atomic mass is 16.2. The molecule has 1 aliphatic carbocycles. The van der Waals surface area contributed by atoms with E-state index in [1.807, 2.05) is 35.2 Å². The smallest absolute Gasteiger partial charge is 0.319 e. The Morgan fingerprint density at radius 3 is 2.61 bits per heavy atom. The lowest BCUT2D eigenvalue weighted by Crippen LogP contribution is -2.36. The van der Waals surface area contributed by atoms with Gasteiger partial charge in [-0.3, -0.25) is 4.79 Å². The average Bonchev–Trinajstić information content (AvgIpc) is 2.74. The molecule has 1 fully saturated rings. The molecule has 0 radical (unpaired) electrons. The van der Waals surface area contributed by atoms with Crippen LogP contribution in [0.1, 0.15) is 59.6 Å². The summed E-state index contributed by atoms with van der Waals surface area (Å²) in [6.45, 7) is 1.64. The molecule has 1 saturated heterocycles. The van der Waals surface area contributed by atoms with Gasteiger partial charge in [0.05, 0.1) is 6.04 Å². The van der Waals surface area contributed by atoms with Gasteiger partial charge in [0, 0.05) is 24.3 Å². The number of piperidine rings is 1. The molecule has 0 aromatic heterocycles. The zero-order chi connectivity index (χ0) is 19.3. The topological polar surface area (TPSA) is 61.4 Å². The molecule has 5 heteroatoms. The number of hydrogen-bond acceptors (Lipinski definition) is 2. The summed E-state index contributed by atoms with van der Waals surface area (Å²) in [6, 6.07) is 15.3. The van der Waals surface area contributed by atoms with E-state index in [1.165, 1.54) is 17.5 Å². The molecule has 2 aromatic rings. The summed E-state index contributed by atoms with van der Waals surface area (Å²) in [5, 5.41) is 5.99. The Morgan fingerprint density at radius 2 is 1.75 bits per heavy atom. The van der Waals surface area contributed by atoms with Gasteiger partial charge in [-0.05, 0) is 67.9 Å². The largest absolute Gasteiger partial charge is 0.339 e. The molecule has 1 atom stereocenters. The zero-order valence-corrected chi connectivity index (χ0v) is 16.1. The molecule has 28 heavy (non-hydrogen) atoms. The fourth-order valence-electron chi connectivity index (χ4n) is 4.24. The number of likely N-dealkylation sites (tertiary alicyclic amines) is 1. The van der Waals surface area contributed by atoms with Crippen LogP contribution in [0.4, 0.5) is 10.5 Å². The number of fused-ring (bicyclic) bond motifs is 1. The lowest BCUT2D eigenvalue weighted by Gasteiger charge is -2.27. The third-order valence-electron chi connectivity index (χ3n) is 5.69. The van der Waals surface area contributed by atoms with E-state index in [-0.39, 0.29) is 18.0 Å². The number of carbonyl (C=O) groups excluding carboxylic acids is 2. The van der Waals surface area contributed by atoms with Gasteiger partial charge in [0.15, 0.2) is 0 Å². The standard InChI is InChI=1S/C23H27N3O2/c27-22(26-14-4-1-5-15-26)18-10-6-11-19(16-18)24-23(28)25-21-13-7-9-17-8-2-3-12-20(17)21/h2-3,6,8,10-12,16,21H,1,4-5,7,9,13-15H2,(H2,24,25,28)/t21-/m0/s1. The average molecular weight is 377 g/mol. The Bertz CT molecular complexity index is 858. The fourth-order valence-corrected chi connectivity index (χ4v) is 4.24. The maximum absolute atomic E-state index is 12.7. The van der Waals surface area contributed by atoms with E-state index in [1.54, 1.807) is 6.07 Å². The van der Waals surface area contributed by atoms with Crippen LogP contribution in [0.5, 0.6) is 0 Å². The van der Waals surface area contributed by atoms with Gasteiger partial charge < -0.3 is 15.5 Å². The molecule has 4 rings (SSSR count). The van der Waals surface area contributed by atoms with Crippen molar-refractivity contribution >= 4 is 17.6 Å². The molecule has 5 nitrogen and oxygen atoms in total. The van der Waals surface area contributed by atoms with Gasteiger partial charge in [-0.15, -0.1) is 0 Å². The molecule has 2 aliphatic rings. The van der Waals surface area contributed by atoms with Crippen molar-refractivity contribution in [3.05, 3.63) is 65.2 Å². The number of rotatable bonds is 3. The first-order chi connectivity index (χ1) is 13.7. The van der Waals surface area contributed by atoms with Crippen molar-refractivity contribution in [2.45, 2.75) is 44.6 Å². The molecular weight excluding hydrogens is 350 g/mol. The van der Waals surface area contributed by atoms with Crippen LogP contribution < -0.4 is 10.6 Å². The number of hydrogen-bond donors (Lipinski definition) is 2. The van der Waals surface area contributed by atoms with Crippen molar-refractivity contribution in [2.24, 2.45) is 0 Å². The van der Waals surface area contributed by atoms with E-state index in [2.05, 4.69) is 22.8 Å². The molecule has 1 aliphatic heterocycles. The Balaban J connectivity index is 1.41. The van der Waals surface area contributed by atoms with Gasteiger partial charge in [0.25, 0.3) is 5.91 Å². The predicted molar refractivity (Wildman–Crippen MR) is 110 cm³/mol. The number of urea groups is 1. The summed E-state index contributed by atoms with van der Waals surface area (Å²) in [5.74, 6) is 0.0463. The van der Waals surface area contributed by atoms with Crippen LogP contribution in [0.3, 0.4) is 0 Å². The summed E-state index contributed by atoms with van der Waals surface area (Å²) in [6.07, 6.45) is 6.40. The lowest BCUT2D eigenvalue weighted by atomic mass is 9.88. The molecule has 0 saturated carbocycles. The fraction of sp³-hybridized carbons (Fsp3) is 0.391. The normalized spacial score (nSPS) is 18.9. The van der Waals surface area contributed by atoms with Crippen molar-refractivity contribution in [2.75, 3.05) is 18.4 Å². The Kier molecular flexibility index (Phi) is 5.60. The maximum atomic E-state index is 12.7. The monoisotopic (exact) mass is 377 g/mol. The summed E-state index contributed by atoms with van der Waals surface area (Å²) in [5.41, 5.74) is 3.79. The Morgan fingerprint density at radius 1 is 0.929 bits per heavy atom.